The molecule has 0 rings (SSSR count). The molecule has 0 aromatic heterocycles. The lowest BCUT2D eigenvalue weighted by molar-refractivity contribution is 1.35. The lowest BCUT2D eigenvalue weighted by Crippen LogP contribution is -1.56. The van der Waals surface area contributed by atoms with Gasteiger partial charge in [0.2, 0.25) is 0 Å². The van der Waals surface area contributed by atoms with Crippen molar-refractivity contribution in [2.45, 2.75) is 12.8 Å². The average molecular weight is 159 g/mol. The molecule has 0 heterocycles. The molecule has 0 spiro atoms. The SMILES string of the molecule is C=CC/[C]=C/C=C/C=C/CC=C. The summed E-state index contributed by atoms with van der Waals surface area (Å²) in [7, 11) is 0. The molecule has 0 N–H and O–H groups in total. The monoisotopic (exact) mass is 159 g/mol. The molecule has 0 fully saturated rings. The fraction of sp³-hybridized carbons (Fsp3) is 0.167. The van der Waals surface area contributed by atoms with Crippen LogP contribution in [-0.2, 0) is 0 Å². The number of allylic oxidation sites excluding steroid dienone is 8. The van der Waals surface area contributed by atoms with E-state index in [1.165, 1.54) is 0 Å². The highest BCUT2D eigenvalue weighted by Gasteiger charge is 1.66. The Morgan fingerprint density at radius 3 is 2.50 bits per heavy atom. The van der Waals surface area contributed by atoms with E-state index in [2.05, 4.69) is 19.2 Å². The summed E-state index contributed by atoms with van der Waals surface area (Å²) in [5, 5.41) is 0. The highest BCUT2D eigenvalue weighted by molar-refractivity contribution is 5.10. The van der Waals surface area contributed by atoms with Gasteiger partial charge in [-0.05, 0) is 18.9 Å². The molecule has 0 nitrogen and oxygen atoms in total. The second-order valence-corrected chi connectivity index (χ2v) is 2.20. The first-order valence-corrected chi connectivity index (χ1v) is 4.02. The number of rotatable bonds is 6. The molecule has 0 aliphatic rings. The third kappa shape index (κ3) is 8.70. The third-order valence-corrected chi connectivity index (χ3v) is 1.14. The highest BCUT2D eigenvalue weighted by Crippen LogP contribution is 1.86. The molecule has 0 atom stereocenters. The Labute approximate surface area is 75.3 Å². The Hall–Kier alpha value is -1.30. The summed E-state index contributed by atoms with van der Waals surface area (Å²) in [5.41, 5.74) is 0. The molecule has 12 heavy (non-hydrogen) atoms. The lowest BCUT2D eigenvalue weighted by atomic mass is 10.3. The van der Waals surface area contributed by atoms with Crippen LogP contribution in [0, 0.1) is 6.08 Å². The van der Waals surface area contributed by atoms with E-state index in [0.717, 1.165) is 12.8 Å². The topological polar surface area (TPSA) is 0 Å². The van der Waals surface area contributed by atoms with Crippen molar-refractivity contribution in [1.29, 1.82) is 0 Å². The van der Waals surface area contributed by atoms with Crippen molar-refractivity contribution in [3.05, 3.63) is 61.8 Å². The Morgan fingerprint density at radius 1 is 1.00 bits per heavy atom. The molecular formula is C12H15. The first kappa shape index (κ1) is 10.7. The maximum absolute atomic E-state index is 3.61. The average Bonchev–Trinajstić information content (AvgIpc) is 2.10. The van der Waals surface area contributed by atoms with Crippen LogP contribution in [0.2, 0.25) is 0 Å². The van der Waals surface area contributed by atoms with E-state index in [1.807, 2.05) is 42.5 Å². The van der Waals surface area contributed by atoms with E-state index in [1.54, 1.807) is 0 Å². The molecule has 1 radical (unpaired) electrons. The van der Waals surface area contributed by atoms with Crippen molar-refractivity contribution in [3.63, 3.8) is 0 Å². The van der Waals surface area contributed by atoms with Gasteiger partial charge in [-0.3, -0.25) is 0 Å². The number of hydrogen-bond donors (Lipinski definition) is 0. The molecule has 63 valence electrons. The molecule has 0 unspecified atom stereocenters. The Bertz CT molecular complexity index is 170. The van der Waals surface area contributed by atoms with Gasteiger partial charge in [0, 0.05) is 0 Å². The Morgan fingerprint density at radius 2 is 1.83 bits per heavy atom. The van der Waals surface area contributed by atoms with E-state index in [0.29, 0.717) is 0 Å². The van der Waals surface area contributed by atoms with Gasteiger partial charge in [0.1, 0.15) is 0 Å². The van der Waals surface area contributed by atoms with Gasteiger partial charge >= 0.3 is 0 Å². The van der Waals surface area contributed by atoms with E-state index in [-0.39, 0.29) is 0 Å². The first-order valence-electron chi connectivity index (χ1n) is 4.02. The molecule has 0 aromatic rings. The summed E-state index contributed by atoms with van der Waals surface area (Å²) in [5.74, 6) is 0. The van der Waals surface area contributed by atoms with Crippen molar-refractivity contribution in [2.75, 3.05) is 0 Å². The highest BCUT2D eigenvalue weighted by atomic mass is 13.7. The standard InChI is InChI=1S/C12H15/c1-3-5-7-9-11-12-10-8-6-4-2/h3-4,7,9-12H,1-2,5-6H2/b9-7+,10-8?,12-11+. The van der Waals surface area contributed by atoms with Gasteiger partial charge in [-0.1, -0.05) is 42.5 Å². The van der Waals surface area contributed by atoms with Gasteiger partial charge in [-0.2, -0.15) is 0 Å². The summed E-state index contributed by atoms with van der Waals surface area (Å²) in [6.07, 6.45) is 18.3. The number of hydrogen-bond acceptors (Lipinski definition) is 0. The fourth-order valence-corrected chi connectivity index (χ4v) is 0.592. The van der Waals surface area contributed by atoms with Crippen molar-refractivity contribution >= 4 is 0 Å². The van der Waals surface area contributed by atoms with Crippen LogP contribution in [0.15, 0.2) is 55.7 Å². The normalized spacial score (nSPS) is 11.7. The second kappa shape index (κ2) is 9.70. The van der Waals surface area contributed by atoms with Crippen LogP contribution in [0.4, 0.5) is 0 Å². The lowest BCUT2D eigenvalue weighted by Gasteiger charge is -1.76. The van der Waals surface area contributed by atoms with Crippen LogP contribution in [0.25, 0.3) is 0 Å². The minimum Gasteiger partial charge on any atom is -0.103 e. The van der Waals surface area contributed by atoms with Gasteiger partial charge in [0.25, 0.3) is 0 Å². The van der Waals surface area contributed by atoms with Crippen LogP contribution < -0.4 is 0 Å². The van der Waals surface area contributed by atoms with Crippen molar-refractivity contribution in [2.24, 2.45) is 0 Å². The maximum Gasteiger partial charge on any atom is -0.00973 e. The van der Waals surface area contributed by atoms with Crippen molar-refractivity contribution in [1.82, 2.24) is 0 Å². The Balaban J connectivity index is 3.47. The third-order valence-electron chi connectivity index (χ3n) is 1.14. The molecule has 0 aliphatic carbocycles. The van der Waals surface area contributed by atoms with Gasteiger partial charge < -0.3 is 0 Å². The summed E-state index contributed by atoms with van der Waals surface area (Å²) >= 11 is 0. The van der Waals surface area contributed by atoms with E-state index >= 15 is 0 Å². The molecule has 0 saturated heterocycles. The van der Waals surface area contributed by atoms with Crippen LogP contribution in [-0.4, -0.2) is 0 Å². The zero-order chi connectivity index (χ0) is 9.07. The quantitative estimate of drug-likeness (QED) is 0.410. The molecule has 0 bridgehead atoms. The van der Waals surface area contributed by atoms with E-state index in [4.69, 9.17) is 0 Å². The van der Waals surface area contributed by atoms with Crippen molar-refractivity contribution in [3.8, 4) is 0 Å². The predicted octanol–water partition coefficient (Wildman–Crippen LogP) is 3.61. The molecule has 0 heteroatoms. The summed E-state index contributed by atoms with van der Waals surface area (Å²) < 4.78 is 0. The fourth-order valence-electron chi connectivity index (χ4n) is 0.592. The summed E-state index contributed by atoms with van der Waals surface area (Å²) in [4.78, 5) is 0. The van der Waals surface area contributed by atoms with Crippen LogP contribution in [0.1, 0.15) is 12.8 Å². The minimum atomic E-state index is 0.806. The molecule has 0 aliphatic heterocycles. The van der Waals surface area contributed by atoms with E-state index in [9.17, 15) is 0 Å². The minimum absolute atomic E-state index is 0.806. The predicted molar refractivity (Wildman–Crippen MR) is 55.7 cm³/mol. The van der Waals surface area contributed by atoms with Gasteiger partial charge in [-0.25, -0.2) is 0 Å². The van der Waals surface area contributed by atoms with E-state index < -0.39 is 0 Å². The van der Waals surface area contributed by atoms with Crippen LogP contribution >= 0.6 is 0 Å². The zero-order valence-corrected chi connectivity index (χ0v) is 7.37. The maximum atomic E-state index is 3.61. The first-order chi connectivity index (χ1) is 5.91. The molecule has 0 saturated carbocycles. The largest absolute Gasteiger partial charge is 0.103 e. The van der Waals surface area contributed by atoms with Crippen molar-refractivity contribution < 1.29 is 0 Å². The molecular weight excluding hydrogens is 144 g/mol. The zero-order valence-electron chi connectivity index (χ0n) is 7.37. The van der Waals surface area contributed by atoms with Gasteiger partial charge in [-0.15, -0.1) is 13.2 Å². The molecule has 0 aromatic carbocycles. The van der Waals surface area contributed by atoms with Gasteiger partial charge in [0.15, 0.2) is 0 Å². The smallest absolute Gasteiger partial charge is 0.00973 e. The van der Waals surface area contributed by atoms with Gasteiger partial charge in [0.05, 0.1) is 0 Å². The Kier molecular flexibility index (Phi) is 8.65. The second-order valence-electron chi connectivity index (χ2n) is 2.20. The summed E-state index contributed by atoms with van der Waals surface area (Å²) in [6.45, 7) is 7.20. The summed E-state index contributed by atoms with van der Waals surface area (Å²) in [6, 6.07) is 0. The van der Waals surface area contributed by atoms with Crippen LogP contribution in [0.3, 0.4) is 0 Å². The molecule has 0 amide bonds. The van der Waals surface area contributed by atoms with Crippen LogP contribution in [0.5, 0.6) is 0 Å².